The lowest BCUT2D eigenvalue weighted by molar-refractivity contribution is -0.137. The Morgan fingerprint density at radius 2 is 2.09 bits per heavy atom. The molecule has 2 rings (SSSR count). The van der Waals surface area contributed by atoms with E-state index in [4.69, 9.17) is 0 Å². The van der Waals surface area contributed by atoms with Crippen LogP contribution < -0.4 is 0 Å². The SMILES string of the molecule is CCN1CCN(C(C#N)c2cccc(C(F)(F)F)c2)CC1C. The first-order valence-electron chi connectivity index (χ1n) is 7.41. The van der Waals surface area contributed by atoms with Gasteiger partial charge in [0.1, 0.15) is 6.04 Å². The Morgan fingerprint density at radius 1 is 1.36 bits per heavy atom. The minimum atomic E-state index is -4.38. The Kier molecular flexibility index (Phi) is 5.09. The summed E-state index contributed by atoms with van der Waals surface area (Å²) in [6, 6.07) is 6.91. The van der Waals surface area contributed by atoms with Gasteiger partial charge in [-0.1, -0.05) is 19.1 Å². The van der Waals surface area contributed by atoms with E-state index in [9.17, 15) is 18.4 Å². The second-order valence-electron chi connectivity index (χ2n) is 5.63. The first kappa shape index (κ1) is 16.8. The second-order valence-corrected chi connectivity index (χ2v) is 5.63. The molecular formula is C16H20F3N3. The monoisotopic (exact) mass is 311 g/mol. The molecule has 6 heteroatoms. The van der Waals surface area contributed by atoms with Gasteiger partial charge in [0, 0.05) is 25.7 Å². The van der Waals surface area contributed by atoms with E-state index >= 15 is 0 Å². The van der Waals surface area contributed by atoms with Crippen LogP contribution in [0, 0.1) is 11.3 Å². The van der Waals surface area contributed by atoms with Crippen LogP contribution >= 0.6 is 0 Å². The highest BCUT2D eigenvalue weighted by Crippen LogP contribution is 2.32. The van der Waals surface area contributed by atoms with Crippen LogP contribution in [0.15, 0.2) is 24.3 Å². The largest absolute Gasteiger partial charge is 0.416 e. The van der Waals surface area contributed by atoms with Crippen molar-refractivity contribution in [2.75, 3.05) is 26.2 Å². The van der Waals surface area contributed by atoms with E-state index in [1.165, 1.54) is 6.07 Å². The zero-order valence-corrected chi connectivity index (χ0v) is 12.8. The predicted molar refractivity (Wildman–Crippen MR) is 78.1 cm³/mol. The summed E-state index contributed by atoms with van der Waals surface area (Å²) in [7, 11) is 0. The third kappa shape index (κ3) is 3.60. The predicted octanol–water partition coefficient (Wildman–Crippen LogP) is 3.30. The van der Waals surface area contributed by atoms with Crippen molar-refractivity contribution >= 4 is 0 Å². The van der Waals surface area contributed by atoms with Gasteiger partial charge < -0.3 is 0 Å². The highest BCUT2D eigenvalue weighted by Gasteiger charge is 2.33. The zero-order chi connectivity index (χ0) is 16.3. The van der Waals surface area contributed by atoms with Crippen LogP contribution in [-0.2, 0) is 6.18 Å². The summed E-state index contributed by atoms with van der Waals surface area (Å²) >= 11 is 0. The number of halogens is 3. The quantitative estimate of drug-likeness (QED) is 0.858. The van der Waals surface area contributed by atoms with Gasteiger partial charge in [0.25, 0.3) is 0 Å². The van der Waals surface area contributed by atoms with Crippen LogP contribution in [0.4, 0.5) is 13.2 Å². The van der Waals surface area contributed by atoms with Gasteiger partial charge in [0.15, 0.2) is 0 Å². The van der Waals surface area contributed by atoms with Crippen molar-refractivity contribution in [2.24, 2.45) is 0 Å². The number of hydrogen-bond acceptors (Lipinski definition) is 3. The molecule has 0 bridgehead atoms. The van der Waals surface area contributed by atoms with Gasteiger partial charge in [-0.2, -0.15) is 18.4 Å². The maximum atomic E-state index is 12.8. The Hall–Kier alpha value is -1.58. The summed E-state index contributed by atoms with van der Waals surface area (Å²) < 4.78 is 38.5. The summed E-state index contributed by atoms with van der Waals surface area (Å²) in [4.78, 5) is 4.27. The van der Waals surface area contributed by atoms with Crippen LogP contribution in [0.3, 0.4) is 0 Å². The van der Waals surface area contributed by atoms with E-state index in [0.717, 1.165) is 25.2 Å². The Bertz CT molecular complexity index is 550. The minimum Gasteiger partial charge on any atom is -0.298 e. The van der Waals surface area contributed by atoms with Crippen LogP contribution in [0.2, 0.25) is 0 Å². The molecule has 2 atom stereocenters. The van der Waals surface area contributed by atoms with Crippen molar-refractivity contribution in [1.29, 1.82) is 5.26 Å². The topological polar surface area (TPSA) is 30.3 Å². The third-order valence-electron chi connectivity index (χ3n) is 4.22. The van der Waals surface area contributed by atoms with Crippen molar-refractivity contribution in [3.63, 3.8) is 0 Å². The molecule has 0 spiro atoms. The standard InChI is InChI=1S/C16H20F3N3/c1-3-21-7-8-22(11-12(21)2)15(10-20)13-5-4-6-14(9-13)16(17,18)19/h4-6,9,12,15H,3,7-8,11H2,1-2H3. The second kappa shape index (κ2) is 6.67. The molecule has 0 aliphatic carbocycles. The number of benzene rings is 1. The van der Waals surface area contributed by atoms with E-state index in [-0.39, 0.29) is 0 Å². The first-order chi connectivity index (χ1) is 10.4. The molecule has 1 aromatic rings. The highest BCUT2D eigenvalue weighted by molar-refractivity contribution is 5.31. The third-order valence-corrected chi connectivity index (χ3v) is 4.22. The van der Waals surface area contributed by atoms with Gasteiger partial charge in [-0.05, 0) is 31.2 Å². The molecule has 1 aromatic carbocycles. The molecule has 0 N–H and O–H groups in total. The maximum Gasteiger partial charge on any atom is 0.416 e. The van der Waals surface area contributed by atoms with Gasteiger partial charge in [-0.25, -0.2) is 0 Å². The summed E-state index contributed by atoms with van der Waals surface area (Å²) in [6.45, 7) is 7.30. The average Bonchev–Trinajstić information content (AvgIpc) is 2.48. The van der Waals surface area contributed by atoms with Crippen LogP contribution in [0.5, 0.6) is 0 Å². The molecule has 1 saturated heterocycles. The van der Waals surface area contributed by atoms with E-state index in [0.29, 0.717) is 24.7 Å². The lowest BCUT2D eigenvalue weighted by Gasteiger charge is -2.41. The van der Waals surface area contributed by atoms with Crippen molar-refractivity contribution < 1.29 is 13.2 Å². The molecular weight excluding hydrogens is 291 g/mol. The smallest absolute Gasteiger partial charge is 0.298 e. The first-order valence-corrected chi connectivity index (χ1v) is 7.41. The summed E-state index contributed by atoms with van der Waals surface area (Å²) in [6.07, 6.45) is -4.38. The van der Waals surface area contributed by atoms with Crippen molar-refractivity contribution in [3.05, 3.63) is 35.4 Å². The number of piperazine rings is 1. The Labute approximate surface area is 128 Å². The molecule has 0 saturated carbocycles. The normalized spacial score (nSPS) is 22.3. The molecule has 1 fully saturated rings. The molecule has 3 nitrogen and oxygen atoms in total. The van der Waals surface area contributed by atoms with Gasteiger partial charge in [0.05, 0.1) is 11.6 Å². The van der Waals surface area contributed by atoms with Crippen LogP contribution in [0.25, 0.3) is 0 Å². The van der Waals surface area contributed by atoms with Crippen LogP contribution in [-0.4, -0.2) is 42.0 Å². The molecule has 22 heavy (non-hydrogen) atoms. The maximum absolute atomic E-state index is 12.8. The van der Waals surface area contributed by atoms with Crippen LogP contribution in [0.1, 0.15) is 31.0 Å². The van der Waals surface area contributed by atoms with Gasteiger partial charge >= 0.3 is 6.18 Å². The van der Waals surface area contributed by atoms with E-state index < -0.39 is 17.8 Å². The Balaban J connectivity index is 2.21. The lowest BCUT2D eigenvalue weighted by Crippen LogP contribution is -2.52. The fourth-order valence-electron chi connectivity index (χ4n) is 2.98. The van der Waals surface area contributed by atoms with E-state index in [1.807, 2.05) is 4.90 Å². The fraction of sp³-hybridized carbons (Fsp3) is 0.562. The molecule has 1 aliphatic heterocycles. The number of hydrogen-bond donors (Lipinski definition) is 0. The molecule has 0 radical (unpaired) electrons. The van der Waals surface area contributed by atoms with Crippen molar-refractivity contribution in [1.82, 2.24) is 9.80 Å². The number of nitriles is 1. The number of alkyl halides is 3. The molecule has 1 aliphatic rings. The number of nitrogens with zero attached hydrogens (tertiary/aromatic N) is 3. The Morgan fingerprint density at radius 3 is 2.64 bits per heavy atom. The number of rotatable bonds is 3. The molecule has 2 unspecified atom stereocenters. The van der Waals surface area contributed by atoms with Gasteiger partial charge in [-0.15, -0.1) is 0 Å². The lowest BCUT2D eigenvalue weighted by atomic mass is 10.0. The summed E-state index contributed by atoms with van der Waals surface area (Å²) in [5.74, 6) is 0. The fourth-order valence-corrected chi connectivity index (χ4v) is 2.98. The minimum absolute atomic E-state index is 0.292. The van der Waals surface area contributed by atoms with Crippen molar-refractivity contribution in [3.8, 4) is 6.07 Å². The molecule has 0 amide bonds. The average molecular weight is 311 g/mol. The summed E-state index contributed by atoms with van der Waals surface area (Å²) in [5.41, 5.74) is -0.292. The highest BCUT2D eigenvalue weighted by atomic mass is 19.4. The van der Waals surface area contributed by atoms with Gasteiger partial charge in [-0.3, -0.25) is 9.80 Å². The number of likely N-dealkylation sites (N-methyl/N-ethyl adjacent to an activating group) is 1. The molecule has 1 heterocycles. The molecule has 120 valence electrons. The van der Waals surface area contributed by atoms with E-state index in [1.54, 1.807) is 6.07 Å². The van der Waals surface area contributed by atoms with E-state index in [2.05, 4.69) is 24.8 Å². The zero-order valence-electron chi connectivity index (χ0n) is 12.8. The van der Waals surface area contributed by atoms with Crippen molar-refractivity contribution in [2.45, 2.75) is 32.1 Å². The molecule has 0 aromatic heterocycles. The summed E-state index contributed by atoms with van der Waals surface area (Å²) in [5, 5.41) is 9.45. The van der Waals surface area contributed by atoms with Gasteiger partial charge in [0.2, 0.25) is 0 Å².